The quantitative estimate of drug-likeness (QED) is 0.665. The molecule has 1 aliphatic rings. The number of hydrogen-bond donors (Lipinski definition) is 3. The van der Waals surface area contributed by atoms with Crippen molar-refractivity contribution >= 4 is 0 Å². The van der Waals surface area contributed by atoms with E-state index in [0.717, 1.165) is 30.5 Å². The van der Waals surface area contributed by atoms with Crippen LogP contribution in [0.5, 0.6) is 0 Å². The fraction of sp³-hybridized carbons (Fsp3) is 0.478. The van der Waals surface area contributed by atoms with Crippen molar-refractivity contribution in [3.8, 4) is 0 Å². The third kappa shape index (κ3) is 5.39. The van der Waals surface area contributed by atoms with Crippen LogP contribution in [0.2, 0.25) is 0 Å². The number of aliphatic hydroxyl groups excluding tert-OH is 2. The first kappa shape index (κ1) is 20.0. The lowest BCUT2D eigenvalue weighted by Crippen LogP contribution is -3.18. The van der Waals surface area contributed by atoms with Crippen molar-refractivity contribution in [2.75, 3.05) is 26.3 Å². The topological polar surface area (TPSA) is 54.1 Å². The second-order valence-corrected chi connectivity index (χ2v) is 7.62. The van der Waals surface area contributed by atoms with Crippen molar-refractivity contribution in [1.82, 2.24) is 0 Å². The van der Waals surface area contributed by atoms with Crippen LogP contribution < -0.4 is 4.90 Å². The fourth-order valence-corrected chi connectivity index (χ4v) is 4.08. The van der Waals surface area contributed by atoms with Gasteiger partial charge in [0, 0.05) is 6.42 Å². The molecule has 0 aromatic heterocycles. The van der Waals surface area contributed by atoms with E-state index in [2.05, 4.69) is 31.2 Å². The molecule has 27 heavy (non-hydrogen) atoms. The zero-order valence-electron chi connectivity index (χ0n) is 16.2. The van der Waals surface area contributed by atoms with Gasteiger partial charge in [0.2, 0.25) is 0 Å². The van der Waals surface area contributed by atoms with Gasteiger partial charge in [-0.05, 0) is 36.5 Å². The summed E-state index contributed by atoms with van der Waals surface area (Å²) in [7, 11) is 0. The van der Waals surface area contributed by atoms with Crippen LogP contribution in [0, 0.1) is 6.92 Å². The summed E-state index contributed by atoms with van der Waals surface area (Å²) in [6.45, 7) is 4.21. The Balaban J connectivity index is 1.67. The van der Waals surface area contributed by atoms with Gasteiger partial charge in [-0.3, -0.25) is 0 Å². The summed E-state index contributed by atoms with van der Waals surface area (Å²) in [6, 6.07) is 18.7. The van der Waals surface area contributed by atoms with E-state index in [9.17, 15) is 10.2 Å². The van der Waals surface area contributed by atoms with Gasteiger partial charge in [0.15, 0.2) is 0 Å². The van der Waals surface area contributed by atoms with Gasteiger partial charge in [0.05, 0.1) is 19.8 Å². The number of hydrogen-bond acceptors (Lipinski definition) is 3. The number of aryl methyl sites for hydroxylation is 1. The molecule has 1 saturated heterocycles. The highest BCUT2D eigenvalue weighted by Gasteiger charge is 2.28. The molecule has 3 N–H and O–H groups in total. The molecule has 0 bridgehead atoms. The predicted octanol–water partition coefficient (Wildman–Crippen LogP) is 1.89. The molecule has 1 fully saturated rings. The molecular weight excluding hydrogens is 338 g/mol. The molecule has 1 unspecified atom stereocenters. The SMILES string of the molecule is Cc1ccccc1[C@@H](OC[C@@H](O)C[NH+]1CCCC[C@@H]1CO)c1ccccc1. The van der Waals surface area contributed by atoms with Crippen molar-refractivity contribution in [3.05, 3.63) is 71.3 Å². The molecule has 146 valence electrons. The Morgan fingerprint density at radius 3 is 2.56 bits per heavy atom. The molecule has 0 amide bonds. The molecule has 4 nitrogen and oxygen atoms in total. The number of likely N-dealkylation sites (tertiary alicyclic amines) is 1. The van der Waals surface area contributed by atoms with Crippen LogP contribution in [0.3, 0.4) is 0 Å². The van der Waals surface area contributed by atoms with Gasteiger partial charge < -0.3 is 19.8 Å². The normalized spacial score (nSPS) is 22.3. The monoisotopic (exact) mass is 370 g/mol. The maximum absolute atomic E-state index is 10.6. The largest absolute Gasteiger partial charge is 0.390 e. The Labute approximate surface area is 162 Å². The van der Waals surface area contributed by atoms with Gasteiger partial charge in [-0.15, -0.1) is 0 Å². The van der Waals surface area contributed by atoms with Crippen LogP contribution in [-0.2, 0) is 4.74 Å². The maximum atomic E-state index is 10.6. The number of aliphatic hydroxyl groups is 2. The molecule has 0 spiro atoms. The van der Waals surface area contributed by atoms with Crippen LogP contribution in [0.25, 0.3) is 0 Å². The summed E-state index contributed by atoms with van der Waals surface area (Å²) in [5, 5.41) is 20.2. The summed E-state index contributed by atoms with van der Waals surface area (Å²) in [4.78, 5) is 1.30. The van der Waals surface area contributed by atoms with Gasteiger partial charge in [0.1, 0.15) is 24.8 Å². The van der Waals surface area contributed by atoms with E-state index < -0.39 is 6.10 Å². The van der Waals surface area contributed by atoms with Gasteiger partial charge in [-0.2, -0.15) is 0 Å². The van der Waals surface area contributed by atoms with E-state index in [0.29, 0.717) is 6.54 Å². The fourth-order valence-electron chi connectivity index (χ4n) is 4.08. The second kappa shape index (κ2) is 10.00. The van der Waals surface area contributed by atoms with Crippen LogP contribution in [0.15, 0.2) is 54.6 Å². The predicted molar refractivity (Wildman–Crippen MR) is 107 cm³/mol. The Morgan fingerprint density at radius 2 is 1.81 bits per heavy atom. The average molecular weight is 371 g/mol. The van der Waals surface area contributed by atoms with Crippen LogP contribution in [0.1, 0.15) is 42.1 Å². The highest BCUT2D eigenvalue weighted by molar-refractivity contribution is 5.35. The molecule has 4 heteroatoms. The maximum Gasteiger partial charge on any atom is 0.126 e. The molecule has 0 aliphatic carbocycles. The molecule has 2 aromatic carbocycles. The zero-order valence-corrected chi connectivity index (χ0v) is 16.2. The number of rotatable bonds is 8. The van der Waals surface area contributed by atoms with Crippen molar-refractivity contribution in [1.29, 1.82) is 0 Å². The molecule has 1 aliphatic heterocycles. The molecule has 0 saturated carbocycles. The number of ether oxygens (including phenoxy) is 1. The van der Waals surface area contributed by atoms with Gasteiger partial charge >= 0.3 is 0 Å². The first-order valence-electron chi connectivity index (χ1n) is 10.0. The first-order chi connectivity index (χ1) is 13.2. The van der Waals surface area contributed by atoms with E-state index in [1.54, 1.807) is 0 Å². The molecular formula is C23H32NO3+. The molecule has 4 atom stereocenters. The van der Waals surface area contributed by atoms with Crippen molar-refractivity contribution in [3.63, 3.8) is 0 Å². The Bertz CT molecular complexity index is 691. The van der Waals surface area contributed by atoms with Crippen LogP contribution >= 0.6 is 0 Å². The number of piperidine rings is 1. The van der Waals surface area contributed by atoms with Gasteiger partial charge in [-0.1, -0.05) is 54.6 Å². The molecule has 2 aromatic rings. The minimum Gasteiger partial charge on any atom is -0.390 e. The first-order valence-corrected chi connectivity index (χ1v) is 10.0. The summed E-state index contributed by atoms with van der Waals surface area (Å²) in [6.07, 6.45) is 2.64. The molecule has 0 radical (unpaired) electrons. The number of benzene rings is 2. The number of nitrogens with one attached hydrogen (secondary N) is 1. The lowest BCUT2D eigenvalue weighted by atomic mass is 9.97. The lowest BCUT2D eigenvalue weighted by molar-refractivity contribution is -0.934. The van der Waals surface area contributed by atoms with Crippen LogP contribution in [0.4, 0.5) is 0 Å². The zero-order chi connectivity index (χ0) is 19.1. The van der Waals surface area contributed by atoms with Crippen molar-refractivity contribution in [2.45, 2.75) is 44.4 Å². The van der Waals surface area contributed by atoms with E-state index in [1.807, 2.05) is 30.3 Å². The highest BCUT2D eigenvalue weighted by Crippen LogP contribution is 2.28. The van der Waals surface area contributed by atoms with E-state index in [4.69, 9.17) is 4.74 Å². The van der Waals surface area contributed by atoms with Gasteiger partial charge in [-0.25, -0.2) is 0 Å². The van der Waals surface area contributed by atoms with E-state index in [-0.39, 0.29) is 25.4 Å². The summed E-state index contributed by atoms with van der Waals surface area (Å²) in [5.74, 6) is 0. The minimum absolute atomic E-state index is 0.188. The van der Waals surface area contributed by atoms with E-state index >= 15 is 0 Å². The summed E-state index contributed by atoms with van der Waals surface area (Å²) in [5.41, 5.74) is 3.41. The summed E-state index contributed by atoms with van der Waals surface area (Å²) < 4.78 is 6.24. The van der Waals surface area contributed by atoms with Crippen molar-refractivity contribution in [2.24, 2.45) is 0 Å². The Hall–Kier alpha value is -1.72. The minimum atomic E-state index is -0.539. The third-order valence-corrected chi connectivity index (χ3v) is 5.62. The van der Waals surface area contributed by atoms with Crippen molar-refractivity contribution < 1.29 is 19.8 Å². The average Bonchev–Trinajstić information content (AvgIpc) is 2.70. The Morgan fingerprint density at radius 1 is 1.07 bits per heavy atom. The van der Waals surface area contributed by atoms with E-state index in [1.165, 1.54) is 16.9 Å². The third-order valence-electron chi connectivity index (χ3n) is 5.62. The van der Waals surface area contributed by atoms with Gasteiger partial charge in [0.25, 0.3) is 0 Å². The van der Waals surface area contributed by atoms with Crippen LogP contribution in [-0.4, -0.2) is 48.7 Å². The smallest absolute Gasteiger partial charge is 0.126 e. The standard InChI is InChI=1S/C23H31NO3/c1-18-9-5-6-13-22(18)23(19-10-3-2-4-11-19)27-17-21(26)15-24-14-8-7-12-20(24)16-25/h2-6,9-11,13,20-21,23,25-26H,7-8,12,14-17H2,1H3/p+1/t20-,21+,23+/m1/s1. The highest BCUT2D eigenvalue weighted by atomic mass is 16.5. The number of quaternary nitrogens is 1. The molecule has 1 heterocycles. The lowest BCUT2D eigenvalue weighted by Gasteiger charge is -2.33. The second-order valence-electron chi connectivity index (χ2n) is 7.62. The summed E-state index contributed by atoms with van der Waals surface area (Å²) >= 11 is 0. The Kier molecular flexibility index (Phi) is 7.41. The molecule has 3 rings (SSSR count).